The van der Waals surface area contributed by atoms with Crippen LogP contribution in [0.1, 0.15) is 16.1 Å². The van der Waals surface area contributed by atoms with Crippen molar-refractivity contribution in [3.05, 3.63) is 41.0 Å². The zero-order chi connectivity index (χ0) is 13.7. The maximum atomic E-state index is 10.9. The molecule has 0 fully saturated rings. The van der Waals surface area contributed by atoms with E-state index in [4.69, 9.17) is 9.84 Å². The molecule has 0 amide bonds. The molecule has 6 heteroatoms. The Bertz CT molecular complexity index is 569. The highest BCUT2D eigenvalue weighted by molar-refractivity contribution is 7.14. The van der Waals surface area contributed by atoms with Gasteiger partial charge in [-0.15, -0.1) is 11.3 Å². The highest BCUT2D eigenvalue weighted by Gasteiger charge is 2.12. The molecule has 0 saturated carbocycles. The minimum atomic E-state index is -1.01. The van der Waals surface area contributed by atoms with Crippen molar-refractivity contribution >= 4 is 22.3 Å². The molecule has 0 saturated heterocycles. The van der Waals surface area contributed by atoms with E-state index in [9.17, 15) is 4.79 Å². The van der Waals surface area contributed by atoms with Crippen LogP contribution < -0.4 is 10.1 Å². The smallest absolute Gasteiger partial charge is 0.357 e. The fourth-order valence-corrected chi connectivity index (χ4v) is 2.44. The average Bonchev–Trinajstić information content (AvgIpc) is 2.88. The molecule has 1 heterocycles. The van der Waals surface area contributed by atoms with Gasteiger partial charge in [-0.3, -0.25) is 0 Å². The topological polar surface area (TPSA) is 71.5 Å². The number of hydrogen-bond acceptors (Lipinski definition) is 5. The van der Waals surface area contributed by atoms with Crippen LogP contribution in [-0.2, 0) is 6.42 Å². The Morgan fingerprint density at radius 3 is 3.00 bits per heavy atom. The number of carboxylic acid groups (broad SMARTS) is 1. The fraction of sp³-hybridized carbons (Fsp3) is 0.231. The van der Waals surface area contributed by atoms with Crippen LogP contribution >= 0.6 is 11.3 Å². The second-order valence-electron chi connectivity index (χ2n) is 3.82. The van der Waals surface area contributed by atoms with Crippen molar-refractivity contribution in [3.63, 3.8) is 0 Å². The molecular formula is C13H14N2O3S. The van der Waals surface area contributed by atoms with E-state index in [1.807, 2.05) is 24.3 Å². The van der Waals surface area contributed by atoms with Crippen molar-refractivity contribution in [3.8, 4) is 5.75 Å². The third kappa shape index (κ3) is 3.23. The lowest BCUT2D eigenvalue weighted by molar-refractivity contribution is 0.0692. The molecule has 0 bridgehead atoms. The fourth-order valence-electron chi connectivity index (χ4n) is 1.74. The Balaban J connectivity index is 1.96. The first-order chi connectivity index (χ1) is 9.22. The number of anilines is 1. The molecule has 0 unspecified atom stereocenters. The number of thiazole rings is 1. The van der Waals surface area contributed by atoms with Gasteiger partial charge in [0.15, 0.2) is 5.69 Å². The van der Waals surface area contributed by atoms with Crippen molar-refractivity contribution in [2.24, 2.45) is 0 Å². The van der Waals surface area contributed by atoms with Gasteiger partial charge in [-0.05, 0) is 18.1 Å². The van der Waals surface area contributed by atoms with E-state index in [1.54, 1.807) is 7.11 Å². The number of hydrogen-bond donors (Lipinski definition) is 2. The molecule has 2 rings (SSSR count). The van der Waals surface area contributed by atoms with Gasteiger partial charge in [-0.1, -0.05) is 18.2 Å². The SMILES string of the molecule is COc1ccccc1CCNc1scnc1C(=O)O. The zero-order valence-corrected chi connectivity index (χ0v) is 11.2. The predicted octanol–water partition coefficient (Wildman–Crippen LogP) is 2.50. The van der Waals surface area contributed by atoms with Gasteiger partial charge in [0.25, 0.3) is 0 Å². The van der Waals surface area contributed by atoms with Crippen molar-refractivity contribution in [2.75, 3.05) is 19.0 Å². The van der Waals surface area contributed by atoms with Crippen molar-refractivity contribution in [2.45, 2.75) is 6.42 Å². The summed E-state index contributed by atoms with van der Waals surface area (Å²) in [5, 5.41) is 12.6. The summed E-state index contributed by atoms with van der Waals surface area (Å²) in [4.78, 5) is 14.7. The molecule has 1 aromatic heterocycles. The van der Waals surface area contributed by atoms with E-state index < -0.39 is 5.97 Å². The van der Waals surface area contributed by atoms with Crippen LogP contribution in [0, 0.1) is 0 Å². The molecule has 0 spiro atoms. The van der Waals surface area contributed by atoms with E-state index >= 15 is 0 Å². The van der Waals surface area contributed by atoms with Crippen LogP contribution in [0.2, 0.25) is 0 Å². The lowest BCUT2D eigenvalue weighted by atomic mass is 10.1. The molecule has 0 atom stereocenters. The van der Waals surface area contributed by atoms with Crippen LogP contribution in [0.5, 0.6) is 5.75 Å². The number of carbonyl (C=O) groups is 1. The van der Waals surface area contributed by atoms with Gasteiger partial charge in [0.05, 0.1) is 12.6 Å². The summed E-state index contributed by atoms with van der Waals surface area (Å²) < 4.78 is 5.26. The number of benzene rings is 1. The number of aromatic nitrogens is 1. The first kappa shape index (κ1) is 13.4. The largest absolute Gasteiger partial charge is 0.496 e. The van der Waals surface area contributed by atoms with Crippen molar-refractivity contribution in [1.82, 2.24) is 4.98 Å². The van der Waals surface area contributed by atoms with Crippen LogP contribution in [0.25, 0.3) is 0 Å². The van der Waals surface area contributed by atoms with Gasteiger partial charge in [0, 0.05) is 6.54 Å². The summed E-state index contributed by atoms with van der Waals surface area (Å²) in [7, 11) is 1.64. The standard InChI is InChI=1S/C13H14N2O3S/c1-18-10-5-3-2-4-9(10)6-7-14-12-11(13(16)17)15-8-19-12/h2-5,8,14H,6-7H2,1H3,(H,16,17). The Labute approximate surface area is 114 Å². The van der Waals surface area contributed by atoms with E-state index in [0.29, 0.717) is 11.5 Å². The second kappa shape index (κ2) is 6.19. The lowest BCUT2D eigenvalue weighted by Gasteiger charge is -2.08. The Morgan fingerprint density at radius 2 is 2.26 bits per heavy atom. The molecule has 0 aliphatic rings. The van der Waals surface area contributed by atoms with Crippen LogP contribution in [0.3, 0.4) is 0 Å². The molecule has 1 aromatic carbocycles. The molecule has 0 aliphatic heterocycles. The third-order valence-corrected chi connectivity index (χ3v) is 3.43. The quantitative estimate of drug-likeness (QED) is 0.849. The summed E-state index contributed by atoms with van der Waals surface area (Å²) in [6, 6.07) is 7.77. The number of para-hydroxylation sites is 1. The van der Waals surface area contributed by atoms with E-state index in [1.165, 1.54) is 16.8 Å². The minimum Gasteiger partial charge on any atom is -0.496 e. The van der Waals surface area contributed by atoms with E-state index in [2.05, 4.69) is 10.3 Å². The highest BCUT2D eigenvalue weighted by Crippen LogP contribution is 2.21. The number of aromatic carboxylic acids is 1. The Kier molecular flexibility index (Phi) is 4.35. The number of ether oxygens (including phenoxy) is 1. The van der Waals surface area contributed by atoms with Gasteiger partial charge in [-0.2, -0.15) is 0 Å². The molecule has 0 radical (unpaired) electrons. The van der Waals surface area contributed by atoms with Gasteiger partial charge < -0.3 is 15.2 Å². The van der Waals surface area contributed by atoms with Gasteiger partial charge >= 0.3 is 5.97 Å². The first-order valence-corrected chi connectivity index (χ1v) is 6.63. The summed E-state index contributed by atoms with van der Waals surface area (Å²) in [6.45, 7) is 0.628. The number of nitrogens with one attached hydrogen (secondary N) is 1. The van der Waals surface area contributed by atoms with Gasteiger partial charge in [0.2, 0.25) is 0 Å². The predicted molar refractivity (Wildman–Crippen MR) is 74.3 cm³/mol. The lowest BCUT2D eigenvalue weighted by Crippen LogP contribution is -2.08. The average molecular weight is 278 g/mol. The third-order valence-electron chi connectivity index (χ3n) is 2.64. The minimum absolute atomic E-state index is 0.0741. The normalized spacial score (nSPS) is 10.2. The summed E-state index contributed by atoms with van der Waals surface area (Å²) in [5.74, 6) is -0.173. The van der Waals surface area contributed by atoms with Gasteiger partial charge in [-0.25, -0.2) is 9.78 Å². The zero-order valence-electron chi connectivity index (χ0n) is 10.4. The molecule has 5 nitrogen and oxygen atoms in total. The summed E-state index contributed by atoms with van der Waals surface area (Å²) in [5.41, 5.74) is 2.68. The maximum absolute atomic E-state index is 10.9. The van der Waals surface area contributed by atoms with E-state index in [0.717, 1.165) is 17.7 Å². The molecule has 0 aliphatic carbocycles. The number of rotatable bonds is 6. The number of methoxy groups -OCH3 is 1. The Hall–Kier alpha value is -2.08. The molecule has 19 heavy (non-hydrogen) atoms. The van der Waals surface area contributed by atoms with Crippen LogP contribution in [-0.4, -0.2) is 29.7 Å². The first-order valence-electron chi connectivity index (χ1n) is 5.75. The Morgan fingerprint density at radius 1 is 1.47 bits per heavy atom. The van der Waals surface area contributed by atoms with Gasteiger partial charge in [0.1, 0.15) is 10.8 Å². The molecular weight excluding hydrogens is 264 g/mol. The van der Waals surface area contributed by atoms with Crippen LogP contribution in [0.15, 0.2) is 29.8 Å². The van der Waals surface area contributed by atoms with Crippen molar-refractivity contribution in [1.29, 1.82) is 0 Å². The molecule has 2 aromatic rings. The summed E-state index contributed by atoms with van der Waals surface area (Å²) >= 11 is 1.29. The maximum Gasteiger partial charge on any atom is 0.357 e. The number of nitrogens with zero attached hydrogens (tertiary/aromatic N) is 1. The van der Waals surface area contributed by atoms with E-state index in [-0.39, 0.29) is 5.69 Å². The highest BCUT2D eigenvalue weighted by atomic mass is 32.1. The van der Waals surface area contributed by atoms with Crippen LogP contribution in [0.4, 0.5) is 5.00 Å². The molecule has 2 N–H and O–H groups in total. The second-order valence-corrected chi connectivity index (χ2v) is 4.68. The summed E-state index contributed by atoms with van der Waals surface area (Å²) in [6.07, 6.45) is 0.751. The number of carboxylic acids is 1. The monoisotopic (exact) mass is 278 g/mol. The van der Waals surface area contributed by atoms with Crippen molar-refractivity contribution < 1.29 is 14.6 Å². The molecule has 100 valence electrons.